The number of halogens is 1. The van der Waals surface area contributed by atoms with Crippen LogP contribution in [0.2, 0.25) is 5.02 Å². The first kappa shape index (κ1) is 10.9. The van der Waals surface area contributed by atoms with E-state index in [4.69, 9.17) is 26.2 Å². The maximum atomic E-state index is 10.7. The van der Waals surface area contributed by atoms with Gasteiger partial charge in [0.1, 0.15) is 5.69 Å². The van der Waals surface area contributed by atoms with Crippen LogP contribution in [0.5, 0.6) is 11.5 Å². The Bertz CT molecular complexity index is 636. The molecule has 92 valence electrons. The van der Waals surface area contributed by atoms with Crippen molar-refractivity contribution in [3.8, 4) is 22.8 Å². The van der Waals surface area contributed by atoms with E-state index in [2.05, 4.69) is 9.68 Å². The summed E-state index contributed by atoms with van der Waals surface area (Å²) < 4.78 is 15.1. The fourth-order valence-electron chi connectivity index (χ4n) is 1.63. The fourth-order valence-corrected chi connectivity index (χ4v) is 1.89. The lowest BCUT2D eigenvalue weighted by atomic mass is 10.1. The molecular weight excluding hydrogens is 262 g/mol. The van der Waals surface area contributed by atoms with Gasteiger partial charge in [-0.1, -0.05) is 16.8 Å². The predicted molar refractivity (Wildman–Crippen MR) is 60.0 cm³/mol. The van der Waals surface area contributed by atoms with Crippen molar-refractivity contribution in [2.24, 2.45) is 0 Å². The number of nitrogens with zero attached hydrogens (tertiary/aromatic N) is 1. The van der Waals surface area contributed by atoms with Crippen molar-refractivity contribution in [1.29, 1.82) is 0 Å². The quantitative estimate of drug-likeness (QED) is 0.900. The van der Waals surface area contributed by atoms with Crippen LogP contribution in [-0.4, -0.2) is 23.0 Å². The number of aromatic nitrogens is 1. The van der Waals surface area contributed by atoms with Crippen LogP contribution in [0.15, 0.2) is 22.7 Å². The van der Waals surface area contributed by atoms with Crippen LogP contribution in [0.3, 0.4) is 0 Å². The molecule has 0 saturated heterocycles. The number of aromatic carboxylic acids is 1. The Labute approximate surface area is 106 Å². The highest BCUT2D eigenvalue weighted by atomic mass is 35.5. The highest BCUT2D eigenvalue weighted by Crippen LogP contribution is 2.42. The summed E-state index contributed by atoms with van der Waals surface area (Å²) >= 11 is 6.01. The van der Waals surface area contributed by atoms with Crippen molar-refractivity contribution < 1.29 is 23.9 Å². The molecule has 1 aliphatic rings. The van der Waals surface area contributed by atoms with E-state index in [1.54, 1.807) is 12.1 Å². The van der Waals surface area contributed by atoms with Gasteiger partial charge in [-0.15, -0.1) is 0 Å². The third kappa shape index (κ3) is 1.67. The van der Waals surface area contributed by atoms with Crippen molar-refractivity contribution in [3.63, 3.8) is 0 Å². The molecule has 18 heavy (non-hydrogen) atoms. The number of carboxylic acids is 1. The highest BCUT2D eigenvalue weighted by molar-refractivity contribution is 6.32. The maximum absolute atomic E-state index is 10.7. The molecule has 0 radical (unpaired) electrons. The highest BCUT2D eigenvalue weighted by Gasteiger charge is 2.20. The molecule has 0 atom stereocenters. The topological polar surface area (TPSA) is 81.8 Å². The van der Waals surface area contributed by atoms with Gasteiger partial charge in [0.05, 0.1) is 5.02 Å². The Morgan fingerprint density at radius 3 is 2.89 bits per heavy atom. The molecule has 0 saturated carbocycles. The second-order valence-corrected chi connectivity index (χ2v) is 3.98. The summed E-state index contributed by atoms with van der Waals surface area (Å²) in [6.45, 7) is 0.109. The van der Waals surface area contributed by atoms with Gasteiger partial charge in [-0.3, -0.25) is 0 Å². The number of fused-ring (bicyclic) bond motifs is 1. The molecule has 3 rings (SSSR count). The van der Waals surface area contributed by atoms with Crippen LogP contribution >= 0.6 is 11.6 Å². The normalized spacial score (nSPS) is 12.7. The summed E-state index contributed by atoms with van der Waals surface area (Å²) in [7, 11) is 0. The summed E-state index contributed by atoms with van der Waals surface area (Å²) in [5.74, 6) is -0.445. The lowest BCUT2D eigenvalue weighted by Gasteiger charge is -2.01. The molecular formula is C11H6ClNO5. The summed E-state index contributed by atoms with van der Waals surface area (Å²) in [4.78, 5) is 10.7. The third-order valence-electron chi connectivity index (χ3n) is 2.44. The van der Waals surface area contributed by atoms with Crippen LogP contribution in [0.1, 0.15) is 10.6 Å². The minimum atomic E-state index is -1.18. The molecule has 0 amide bonds. The largest absolute Gasteiger partial charge is 0.475 e. The number of benzene rings is 1. The maximum Gasteiger partial charge on any atom is 0.374 e. The van der Waals surface area contributed by atoms with E-state index in [1.807, 2.05) is 0 Å². The number of rotatable bonds is 2. The van der Waals surface area contributed by atoms with Gasteiger partial charge in [0.2, 0.25) is 12.6 Å². The van der Waals surface area contributed by atoms with Crippen LogP contribution in [-0.2, 0) is 0 Å². The number of carbonyl (C=O) groups is 1. The van der Waals surface area contributed by atoms with Crippen LogP contribution in [0, 0.1) is 0 Å². The summed E-state index contributed by atoms with van der Waals surface area (Å²) in [6.07, 6.45) is 0. The first-order chi connectivity index (χ1) is 8.65. The number of ether oxygens (including phenoxy) is 2. The standard InChI is InChI=1S/C11H6ClNO5/c12-6-1-5(2-8-10(6)17-4-16-8)7-3-9(11(14)15)18-13-7/h1-3H,4H2,(H,14,15). The monoisotopic (exact) mass is 267 g/mol. The molecule has 0 spiro atoms. The van der Waals surface area contributed by atoms with E-state index in [1.165, 1.54) is 6.07 Å². The van der Waals surface area contributed by atoms with Gasteiger partial charge in [-0.25, -0.2) is 4.79 Å². The van der Waals surface area contributed by atoms with Gasteiger partial charge >= 0.3 is 5.97 Å². The summed E-state index contributed by atoms with van der Waals surface area (Å²) in [5, 5.41) is 12.8. The van der Waals surface area contributed by atoms with Crippen molar-refractivity contribution >= 4 is 17.6 Å². The van der Waals surface area contributed by atoms with Gasteiger partial charge in [0, 0.05) is 11.6 Å². The van der Waals surface area contributed by atoms with Crippen molar-refractivity contribution in [3.05, 3.63) is 29.0 Å². The second kappa shape index (κ2) is 3.92. The van der Waals surface area contributed by atoms with E-state index in [-0.39, 0.29) is 12.6 Å². The first-order valence-electron chi connectivity index (χ1n) is 4.94. The zero-order valence-electron chi connectivity index (χ0n) is 8.84. The lowest BCUT2D eigenvalue weighted by molar-refractivity contribution is 0.0652. The Morgan fingerprint density at radius 1 is 1.33 bits per heavy atom. The minimum Gasteiger partial charge on any atom is -0.475 e. The van der Waals surface area contributed by atoms with Gasteiger partial charge < -0.3 is 19.1 Å². The zero-order chi connectivity index (χ0) is 12.7. The molecule has 0 aliphatic carbocycles. The zero-order valence-corrected chi connectivity index (χ0v) is 9.60. The van der Waals surface area contributed by atoms with Crippen LogP contribution in [0.4, 0.5) is 0 Å². The van der Waals surface area contributed by atoms with Gasteiger partial charge in [-0.2, -0.15) is 0 Å². The van der Waals surface area contributed by atoms with E-state index in [0.717, 1.165) is 0 Å². The number of hydrogen-bond acceptors (Lipinski definition) is 5. The molecule has 1 aliphatic heterocycles. The molecule has 0 fully saturated rings. The Balaban J connectivity index is 2.06. The molecule has 0 bridgehead atoms. The number of hydrogen-bond donors (Lipinski definition) is 1. The van der Waals surface area contributed by atoms with Gasteiger partial charge in [0.25, 0.3) is 0 Å². The van der Waals surface area contributed by atoms with E-state index >= 15 is 0 Å². The molecule has 2 heterocycles. The van der Waals surface area contributed by atoms with E-state index in [9.17, 15) is 4.79 Å². The fraction of sp³-hybridized carbons (Fsp3) is 0.0909. The van der Waals surface area contributed by atoms with Crippen molar-refractivity contribution in [2.75, 3.05) is 6.79 Å². The average Bonchev–Trinajstić information content (AvgIpc) is 2.97. The van der Waals surface area contributed by atoms with Crippen molar-refractivity contribution in [1.82, 2.24) is 5.16 Å². The Morgan fingerprint density at radius 2 is 2.17 bits per heavy atom. The lowest BCUT2D eigenvalue weighted by Crippen LogP contribution is -1.93. The molecule has 1 aromatic heterocycles. The number of carboxylic acid groups (broad SMARTS) is 1. The van der Waals surface area contributed by atoms with Gasteiger partial charge in [-0.05, 0) is 12.1 Å². The van der Waals surface area contributed by atoms with Crippen molar-refractivity contribution in [2.45, 2.75) is 0 Å². The summed E-state index contributed by atoms with van der Waals surface area (Å²) in [5.41, 5.74) is 0.966. The first-order valence-corrected chi connectivity index (χ1v) is 5.32. The van der Waals surface area contributed by atoms with E-state index in [0.29, 0.717) is 27.8 Å². The van der Waals surface area contributed by atoms with Crippen LogP contribution < -0.4 is 9.47 Å². The molecule has 1 aromatic carbocycles. The smallest absolute Gasteiger partial charge is 0.374 e. The minimum absolute atomic E-state index is 0.109. The molecule has 6 nitrogen and oxygen atoms in total. The Hall–Kier alpha value is -2.21. The average molecular weight is 268 g/mol. The molecule has 0 unspecified atom stereocenters. The predicted octanol–water partition coefficient (Wildman–Crippen LogP) is 2.42. The molecule has 2 aromatic rings. The molecule has 7 heteroatoms. The third-order valence-corrected chi connectivity index (χ3v) is 2.72. The molecule has 1 N–H and O–H groups in total. The Kier molecular flexibility index (Phi) is 2.38. The SMILES string of the molecule is O=C(O)c1cc(-c2cc(Cl)c3c(c2)OCO3)no1. The van der Waals surface area contributed by atoms with Gasteiger partial charge in [0.15, 0.2) is 11.5 Å². The summed E-state index contributed by atoms with van der Waals surface area (Å²) in [6, 6.07) is 4.59. The van der Waals surface area contributed by atoms with E-state index < -0.39 is 5.97 Å². The second-order valence-electron chi connectivity index (χ2n) is 3.57. The van der Waals surface area contributed by atoms with Crippen LogP contribution in [0.25, 0.3) is 11.3 Å².